The lowest BCUT2D eigenvalue weighted by atomic mass is 9.97. The van der Waals surface area contributed by atoms with Crippen molar-refractivity contribution in [3.63, 3.8) is 0 Å². The quantitative estimate of drug-likeness (QED) is 0.718. The van der Waals surface area contributed by atoms with Crippen molar-refractivity contribution >= 4 is 5.97 Å². The van der Waals surface area contributed by atoms with E-state index in [1.807, 2.05) is 6.92 Å². The smallest absolute Gasteiger partial charge is 0.320 e. The number of aliphatic hydroxyl groups is 1. The number of aliphatic hydroxyl groups excluding tert-OH is 1. The molecule has 0 aliphatic heterocycles. The van der Waals surface area contributed by atoms with E-state index in [0.717, 1.165) is 0 Å². The lowest BCUT2D eigenvalue weighted by Gasteiger charge is -2.26. The van der Waals surface area contributed by atoms with Crippen LogP contribution in [0.2, 0.25) is 0 Å². The number of benzene rings is 1. The fourth-order valence-electron chi connectivity index (χ4n) is 2.14. The van der Waals surface area contributed by atoms with E-state index in [1.165, 1.54) is 12.1 Å². The summed E-state index contributed by atoms with van der Waals surface area (Å²) in [6.45, 7) is 5.27. The molecule has 20 heavy (non-hydrogen) atoms. The SMILES string of the molecule is CCC(NC(CC)C(O)c1ccc(F)c(C)c1)C(=O)O. The Morgan fingerprint density at radius 2 is 2.00 bits per heavy atom. The summed E-state index contributed by atoms with van der Waals surface area (Å²) < 4.78 is 13.2. The van der Waals surface area contributed by atoms with Crippen LogP contribution >= 0.6 is 0 Å². The van der Waals surface area contributed by atoms with Crippen molar-refractivity contribution in [1.82, 2.24) is 5.32 Å². The molecule has 0 radical (unpaired) electrons. The van der Waals surface area contributed by atoms with Crippen molar-refractivity contribution in [2.24, 2.45) is 0 Å². The molecule has 0 aliphatic carbocycles. The molecule has 0 aromatic heterocycles. The largest absolute Gasteiger partial charge is 0.480 e. The third kappa shape index (κ3) is 4.02. The molecule has 0 amide bonds. The van der Waals surface area contributed by atoms with E-state index in [1.54, 1.807) is 19.9 Å². The van der Waals surface area contributed by atoms with Gasteiger partial charge in [-0.05, 0) is 37.0 Å². The van der Waals surface area contributed by atoms with Gasteiger partial charge < -0.3 is 10.2 Å². The fraction of sp³-hybridized carbons (Fsp3) is 0.533. The predicted molar refractivity (Wildman–Crippen MR) is 75.0 cm³/mol. The third-order valence-corrected chi connectivity index (χ3v) is 3.47. The molecular formula is C15H22FNO3. The van der Waals surface area contributed by atoms with Crippen LogP contribution in [-0.2, 0) is 4.79 Å². The van der Waals surface area contributed by atoms with Gasteiger partial charge in [-0.25, -0.2) is 4.39 Å². The zero-order valence-electron chi connectivity index (χ0n) is 12.1. The summed E-state index contributed by atoms with van der Waals surface area (Å²) in [5.74, 6) is -1.26. The first-order chi connectivity index (χ1) is 9.40. The molecule has 0 saturated heterocycles. The second kappa shape index (κ2) is 7.36. The Hall–Kier alpha value is -1.46. The van der Waals surface area contributed by atoms with Gasteiger partial charge in [0, 0.05) is 6.04 Å². The number of carboxylic acid groups (broad SMARTS) is 1. The van der Waals surface area contributed by atoms with Crippen LogP contribution in [0.1, 0.15) is 43.9 Å². The highest BCUT2D eigenvalue weighted by Gasteiger charge is 2.25. The summed E-state index contributed by atoms with van der Waals surface area (Å²) in [7, 11) is 0. The molecule has 0 spiro atoms. The number of carboxylic acids is 1. The van der Waals surface area contributed by atoms with Crippen LogP contribution in [0.25, 0.3) is 0 Å². The molecule has 4 nitrogen and oxygen atoms in total. The molecule has 112 valence electrons. The van der Waals surface area contributed by atoms with E-state index in [-0.39, 0.29) is 11.9 Å². The van der Waals surface area contributed by atoms with Crippen LogP contribution in [0.15, 0.2) is 18.2 Å². The molecule has 3 N–H and O–H groups in total. The summed E-state index contributed by atoms with van der Waals surface area (Å²) in [6.07, 6.45) is 0.134. The molecule has 0 saturated carbocycles. The molecule has 1 aromatic rings. The molecule has 0 aliphatic rings. The van der Waals surface area contributed by atoms with Crippen molar-refractivity contribution in [3.05, 3.63) is 35.1 Å². The Bertz CT molecular complexity index is 464. The van der Waals surface area contributed by atoms with Gasteiger partial charge in [-0.2, -0.15) is 0 Å². The molecule has 0 bridgehead atoms. The van der Waals surface area contributed by atoms with Crippen LogP contribution in [0.4, 0.5) is 4.39 Å². The molecule has 1 aromatic carbocycles. The minimum atomic E-state index is -0.937. The van der Waals surface area contributed by atoms with Crippen molar-refractivity contribution in [2.75, 3.05) is 0 Å². The highest BCUT2D eigenvalue weighted by atomic mass is 19.1. The van der Waals surface area contributed by atoms with Crippen molar-refractivity contribution < 1.29 is 19.4 Å². The Morgan fingerprint density at radius 3 is 2.45 bits per heavy atom. The van der Waals surface area contributed by atoms with Gasteiger partial charge in [0.1, 0.15) is 11.9 Å². The summed E-state index contributed by atoms with van der Waals surface area (Å²) in [4.78, 5) is 11.0. The number of hydrogen-bond acceptors (Lipinski definition) is 3. The van der Waals surface area contributed by atoms with Gasteiger partial charge in [0.25, 0.3) is 0 Å². The van der Waals surface area contributed by atoms with Crippen molar-refractivity contribution in [2.45, 2.75) is 51.8 Å². The van der Waals surface area contributed by atoms with Crippen molar-refractivity contribution in [3.8, 4) is 0 Å². The van der Waals surface area contributed by atoms with Gasteiger partial charge in [-0.15, -0.1) is 0 Å². The third-order valence-electron chi connectivity index (χ3n) is 3.47. The van der Waals surface area contributed by atoms with Crippen LogP contribution in [0.5, 0.6) is 0 Å². The molecule has 3 unspecified atom stereocenters. The van der Waals surface area contributed by atoms with E-state index in [9.17, 15) is 14.3 Å². The standard InChI is InChI=1S/C15H22FNO3/c1-4-12(17-13(5-2)15(19)20)14(18)10-6-7-11(16)9(3)8-10/h6-8,12-14,17-18H,4-5H2,1-3H3,(H,19,20). The summed E-state index contributed by atoms with van der Waals surface area (Å²) >= 11 is 0. The maximum atomic E-state index is 13.2. The van der Waals surface area contributed by atoms with Crippen LogP contribution in [-0.4, -0.2) is 28.3 Å². The fourth-order valence-corrected chi connectivity index (χ4v) is 2.14. The topological polar surface area (TPSA) is 69.6 Å². The minimum absolute atomic E-state index is 0.320. The number of rotatable bonds is 7. The molecule has 0 fully saturated rings. The molecular weight excluding hydrogens is 261 g/mol. The van der Waals surface area contributed by atoms with Crippen molar-refractivity contribution in [1.29, 1.82) is 0 Å². The van der Waals surface area contributed by atoms with Gasteiger partial charge >= 0.3 is 5.97 Å². The Morgan fingerprint density at radius 1 is 1.35 bits per heavy atom. The maximum absolute atomic E-state index is 13.2. The van der Waals surface area contributed by atoms with E-state index in [4.69, 9.17) is 5.11 Å². The van der Waals surface area contributed by atoms with E-state index < -0.39 is 18.1 Å². The number of halogens is 1. The molecule has 5 heteroatoms. The van der Waals surface area contributed by atoms with Crippen LogP contribution < -0.4 is 5.32 Å². The number of aliphatic carboxylic acids is 1. The second-order valence-electron chi connectivity index (χ2n) is 4.93. The Balaban J connectivity index is 2.87. The van der Waals surface area contributed by atoms with Gasteiger partial charge in [-0.3, -0.25) is 10.1 Å². The summed E-state index contributed by atoms with van der Waals surface area (Å²) in [6, 6.07) is 3.34. The summed E-state index contributed by atoms with van der Waals surface area (Å²) in [5, 5.41) is 22.3. The Kier molecular flexibility index (Phi) is 6.10. The zero-order valence-corrected chi connectivity index (χ0v) is 12.1. The van der Waals surface area contributed by atoms with E-state index >= 15 is 0 Å². The van der Waals surface area contributed by atoms with Crippen LogP contribution in [0.3, 0.4) is 0 Å². The second-order valence-corrected chi connectivity index (χ2v) is 4.93. The van der Waals surface area contributed by atoms with E-state index in [2.05, 4.69) is 5.32 Å². The van der Waals surface area contributed by atoms with E-state index in [0.29, 0.717) is 24.0 Å². The highest BCUT2D eigenvalue weighted by Crippen LogP contribution is 2.22. The lowest BCUT2D eigenvalue weighted by molar-refractivity contribution is -0.140. The molecule has 3 atom stereocenters. The highest BCUT2D eigenvalue weighted by molar-refractivity contribution is 5.73. The molecule has 0 heterocycles. The monoisotopic (exact) mass is 283 g/mol. The van der Waals surface area contributed by atoms with Crippen LogP contribution in [0, 0.1) is 12.7 Å². The van der Waals surface area contributed by atoms with Gasteiger partial charge in [0.2, 0.25) is 0 Å². The number of hydrogen-bond donors (Lipinski definition) is 3. The first-order valence-electron chi connectivity index (χ1n) is 6.83. The lowest BCUT2D eigenvalue weighted by Crippen LogP contribution is -2.45. The summed E-state index contributed by atoms with van der Waals surface area (Å²) in [5.41, 5.74) is 1.05. The minimum Gasteiger partial charge on any atom is -0.480 e. The van der Waals surface area contributed by atoms with Gasteiger partial charge in [0.05, 0.1) is 6.10 Å². The molecule has 1 rings (SSSR count). The average molecular weight is 283 g/mol. The zero-order chi connectivity index (χ0) is 15.3. The average Bonchev–Trinajstić information content (AvgIpc) is 2.42. The number of carbonyl (C=O) groups is 1. The first kappa shape index (κ1) is 16.6. The number of nitrogens with one attached hydrogen (secondary N) is 1. The predicted octanol–water partition coefficient (Wildman–Crippen LogP) is 2.40. The number of aryl methyl sites for hydroxylation is 1. The first-order valence-corrected chi connectivity index (χ1v) is 6.83. The normalized spacial score (nSPS) is 15.7. The maximum Gasteiger partial charge on any atom is 0.320 e. The Labute approximate surface area is 118 Å². The van der Waals surface area contributed by atoms with Gasteiger partial charge in [-0.1, -0.05) is 26.0 Å². The van der Waals surface area contributed by atoms with Gasteiger partial charge in [0.15, 0.2) is 0 Å².